The van der Waals surface area contributed by atoms with Crippen molar-refractivity contribution in [1.29, 1.82) is 0 Å². The lowest BCUT2D eigenvalue weighted by molar-refractivity contribution is -0.570. The Balaban J connectivity index is 1.67. The molecule has 0 radical (unpaired) electrons. The van der Waals surface area contributed by atoms with Crippen molar-refractivity contribution in [3.8, 4) is 5.75 Å². The Morgan fingerprint density at radius 1 is 1.43 bits per heavy atom. The lowest BCUT2D eigenvalue weighted by Crippen LogP contribution is -2.60. The Kier molecular flexibility index (Phi) is 6.22. The van der Waals surface area contributed by atoms with Crippen molar-refractivity contribution in [1.82, 2.24) is 4.90 Å². The van der Waals surface area contributed by atoms with Crippen LogP contribution in [0.3, 0.4) is 0 Å². The van der Waals surface area contributed by atoms with Crippen LogP contribution in [0.1, 0.15) is 25.3 Å². The molecule has 1 aromatic rings. The summed E-state index contributed by atoms with van der Waals surface area (Å²) in [5.74, 6) is 0.721. The van der Waals surface area contributed by atoms with E-state index in [0.29, 0.717) is 30.2 Å². The molecule has 3 rings (SSSR count). The minimum absolute atomic E-state index is 0.189. The fourth-order valence-electron chi connectivity index (χ4n) is 4.04. The maximum absolute atomic E-state index is 11.9. The van der Waals surface area contributed by atoms with Crippen molar-refractivity contribution in [2.24, 2.45) is 22.4 Å². The summed E-state index contributed by atoms with van der Waals surface area (Å²) in [5, 5.41) is 12.5. The first-order valence-corrected chi connectivity index (χ1v) is 9.80. The normalized spacial score (nSPS) is 26.1. The van der Waals surface area contributed by atoms with Gasteiger partial charge in [0.1, 0.15) is 11.6 Å². The molecule has 152 valence electrons. The van der Waals surface area contributed by atoms with Gasteiger partial charge < -0.3 is 16.2 Å². The highest BCUT2D eigenvalue weighted by atomic mass is 35.5. The van der Waals surface area contributed by atoms with Crippen LogP contribution in [-0.4, -0.2) is 47.1 Å². The summed E-state index contributed by atoms with van der Waals surface area (Å²) in [6, 6.07) is 5.77. The van der Waals surface area contributed by atoms with Gasteiger partial charge in [0.25, 0.3) is 5.54 Å². The van der Waals surface area contributed by atoms with Crippen LogP contribution in [0.2, 0.25) is 5.02 Å². The Morgan fingerprint density at radius 3 is 2.75 bits per heavy atom. The number of nitrogens with two attached hydrogens (primary N) is 2. The molecule has 1 aromatic carbocycles. The van der Waals surface area contributed by atoms with Crippen LogP contribution in [0.15, 0.2) is 35.3 Å². The summed E-state index contributed by atoms with van der Waals surface area (Å²) in [5.41, 5.74) is 11.4. The molecule has 4 N–H and O–H groups in total. The highest BCUT2D eigenvalue weighted by Gasteiger charge is 2.55. The quantitative estimate of drug-likeness (QED) is 0.550. The summed E-state index contributed by atoms with van der Waals surface area (Å²) in [6.45, 7) is 4.70. The Bertz CT molecular complexity index is 792. The molecular weight excluding hydrogens is 382 g/mol. The van der Waals surface area contributed by atoms with E-state index in [4.69, 9.17) is 27.8 Å². The molecule has 2 unspecified atom stereocenters. The van der Waals surface area contributed by atoms with E-state index in [1.54, 1.807) is 0 Å². The van der Waals surface area contributed by atoms with Crippen molar-refractivity contribution in [2.45, 2.75) is 38.0 Å². The topological polar surface area (TPSA) is 120 Å². The molecule has 2 aliphatic heterocycles. The first-order chi connectivity index (χ1) is 13.4. The molecule has 0 saturated carbocycles. The summed E-state index contributed by atoms with van der Waals surface area (Å²) >= 11 is 6.15. The number of halogens is 1. The number of hydrogen-bond acceptors (Lipinski definition) is 7. The van der Waals surface area contributed by atoms with Gasteiger partial charge in [-0.25, -0.2) is 4.99 Å². The van der Waals surface area contributed by atoms with Gasteiger partial charge in [0, 0.05) is 17.4 Å². The van der Waals surface area contributed by atoms with Gasteiger partial charge in [-0.2, -0.15) is 0 Å². The van der Waals surface area contributed by atoms with Crippen molar-refractivity contribution < 1.29 is 9.66 Å². The second kappa shape index (κ2) is 8.46. The number of piperidine rings is 1. The molecule has 0 spiro atoms. The van der Waals surface area contributed by atoms with E-state index in [2.05, 4.69) is 9.89 Å². The molecular formula is C19H26ClN5O3. The molecule has 2 heterocycles. The molecule has 0 bridgehead atoms. The van der Waals surface area contributed by atoms with Gasteiger partial charge in [0.05, 0.1) is 11.6 Å². The van der Waals surface area contributed by atoms with Gasteiger partial charge in [0.15, 0.2) is 6.17 Å². The van der Waals surface area contributed by atoms with Gasteiger partial charge in [-0.3, -0.25) is 15.0 Å². The number of nitro groups is 1. The van der Waals surface area contributed by atoms with Crippen molar-refractivity contribution in [3.63, 3.8) is 0 Å². The molecule has 0 amide bonds. The maximum Gasteiger partial charge on any atom is 0.278 e. The summed E-state index contributed by atoms with van der Waals surface area (Å²) < 4.78 is 5.55. The van der Waals surface area contributed by atoms with Crippen LogP contribution in [-0.2, 0) is 6.54 Å². The largest absolute Gasteiger partial charge is 0.492 e. The number of benzene rings is 1. The smallest absolute Gasteiger partial charge is 0.278 e. The Labute approximate surface area is 169 Å². The zero-order chi connectivity index (χ0) is 20.3. The van der Waals surface area contributed by atoms with Crippen LogP contribution in [0.4, 0.5) is 0 Å². The lowest BCUT2D eigenvalue weighted by atomic mass is 9.75. The summed E-state index contributed by atoms with van der Waals surface area (Å²) in [6.07, 6.45) is 3.41. The number of hydrogen-bond donors (Lipinski definition) is 2. The molecule has 9 heteroatoms. The molecule has 2 aliphatic rings. The van der Waals surface area contributed by atoms with E-state index in [1.807, 2.05) is 25.1 Å². The van der Waals surface area contributed by atoms with Crippen LogP contribution < -0.4 is 16.2 Å². The average Bonchev–Trinajstić information content (AvgIpc) is 2.65. The molecule has 2 atom stereocenters. The van der Waals surface area contributed by atoms with E-state index in [-0.39, 0.29) is 16.7 Å². The predicted octanol–water partition coefficient (Wildman–Crippen LogP) is 2.18. The highest BCUT2D eigenvalue weighted by molar-refractivity contribution is 6.32. The van der Waals surface area contributed by atoms with Crippen LogP contribution in [0.25, 0.3) is 0 Å². The van der Waals surface area contributed by atoms with E-state index in [1.165, 1.54) is 12.2 Å². The monoisotopic (exact) mass is 407 g/mol. The maximum atomic E-state index is 11.9. The third-order valence-electron chi connectivity index (χ3n) is 5.54. The lowest BCUT2D eigenvalue weighted by Gasteiger charge is -2.40. The number of likely N-dealkylation sites (tertiary alicyclic amines) is 1. The van der Waals surface area contributed by atoms with Crippen molar-refractivity contribution in [2.75, 3.05) is 19.7 Å². The number of amidine groups is 1. The number of dihydropyridines is 1. The number of ether oxygens (including phenoxy) is 1. The Morgan fingerprint density at radius 2 is 2.14 bits per heavy atom. The van der Waals surface area contributed by atoms with Crippen LogP contribution in [0.5, 0.6) is 5.75 Å². The van der Waals surface area contributed by atoms with Crippen molar-refractivity contribution >= 4 is 17.4 Å². The molecule has 1 saturated heterocycles. The minimum Gasteiger partial charge on any atom is -0.492 e. The highest BCUT2D eigenvalue weighted by Crippen LogP contribution is 2.37. The second-order valence-electron chi connectivity index (χ2n) is 7.22. The molecule has 1 fully saturated rings. The van der Waals surface area contributed by atoms with Gasteiger partial charge >= 0.3 is 0 Å². The van der Waals surface area contributed by atoms with Crippen molar-refractivity contribution in [3.05, 3.63) is 51.1 Å². The van der Waals surface area contributed by atoms with Gasteiger partial charge in [0.2, 0.25) is 0 Å². The van der Waals surface area contributed by atoms with Gasteiger partial charge in [-0.1, -0.05) is 17.7 Å². The summed E-state index contributed by atoms with van der Waals surface area (Å²) in [7, 11) is 0. The van der Waals surface area contributed by atoms with Crippen LogP contribution >= 0.6 is 11.6 Å². The van der Waals surface area contributed by atoms with E-state index in [0.717, 1.165) is 25.2 Å². The molecule has 0 aliphatic carbocycles. The summed E-state index contributed by atoms with van der Waals surface area (Å²) in [4.78, 5) is 18.0. The van der Waals surface area contributed by atoms with E-state index in [9.17, 15) is 10.1 Å². The molecule has 8 nitrogen and oxygen atoms in total. The zero-order valence-corrected chi connectivity index (χ0v) is 16.6. The molecule has 28 heavy (non-hydrogen) atoms. The van der Waals surface area contributed by atoms with Gasteiger partial charge in [-0.05, 0) is 62.7 Å². The second-order valence-corrected chi connectivity index (χ2v) is 7.63. The minimum atomic E-state index is -1.39. The Hall–Kier alpha value is -2.16. The van der Waals surface area contributed by atoms with E-state index >= 15 is 0 Å². The number of aliphatic imine (C=N–C) groups is 1. The zero-order valence-electron chi connectivity index (χ0n) is 15.9. The van der Waals surface area contributed by atoms with E-state index < -0.39 is 11.7 Å². The fourth-order valence-corrected chi connectivity index (χ4v) is 4.22. The van der Waals surface area contributed by atoms with Gasteiger partial charge in [-0.15, -0.1) is 0 Å². The molecule has 0 aromatic heterocycles. The fraction of sp³-hybridized carbons (Fsp3) is 0.526. The number of rotatable bonds is 6. The average molecular weight is 408 g/mol. The van der Waals surface area contributed by atoms with Crippen LogP contribution in [0, 0.1) is 16.0 Å². The first kappa shape index (κ1) is 20.6. The number of nitrogens with zero attached hydrogens (tertiary/aromatic N) is 3. The SMILES string of the molecule is CCOc1cc(CN2CCC(C3([N+](=O)[O-])C=CC(N)=NC3N)CC2)ccc1Cl. The third-order valence-corrected chi connectivity index (χ3v) is 5.85. The standard InChI is InChI=1S/C19H26ClN5O3/c1-2-28-16-11-13(3-4-15(16)20)12-24-9-6-14(7-10-24)19(25(26)27)8-5-17(21)23-18(19)22/h3-5,8,11,14,18H,2,6-7,9-10,12,22H2,1H3,(H2,21,23). The first-order valence-electron chi connectivity index (χ1n) is 9.43. The third kappa shape index (κ3) is 3.99. The predicted molar refractivity (Wildman–Crippen MR) is 109 cm³/mol.